The average Bonchev–Trinajstić information content (AvgIpc) is 3.24. The molecule has 0 amide bonds. The van der Waals surface area contributed by atoms with Crippen LogP contribution in [0.1, 0.15) is 66.5 Å². The first-order valence-electron chi connectivity index (χ1n) is 8.86. The summed E-state index contributed by atoms with van der Waals surface area (Å²) in [5.41, 5.74) is 6.27. The molecule has 0 bridgehead atoms. The van der Waals surface area contributed by atoms with E-state index in [1.807, 2.05) is 31.2 Å². The van der Waals surface area contributed by atoms with E-state index < -0.39 is 11.6 Å². The number of nitrogens with one attached hydrogen (secondary N) is 2. The first-order chi connectivity index (χ1) is 12.8. The molecule has 1 aliphatic rings. The van der Waals surface area contributed by atoms with Gasteiger partial charge in [0.05, 0.1) is 0 Å². The quantitative estimate of drug-likeness (QED) is 0.591. The van der Waals surface area contributed by atoms with Gasteiger partial charge in [0, 0.05) is 13.0 Å². The van der Waals surface area contributed by atoms with E-state index in [0.29, 0.717) is 18.8 Å². The van der Waals surface area contributed by atoms with Gasteiger partial charge in [-0.2, -0.15) is 5.43 Å². The molecule has 3 rings (SSSR count). The number of carboxylic acid groups (broad SMARTS) is 1. The van der Waals surface area contributed by atoms with Gasteiger partial charge in [0.2, 0.25) is 0 Å². The summed E-state index contributed by atoms with van der Waals surface area (Å²) in [6.07, 6.45) is 1.22. The number of hydrogen-bond donors (Lipinski definition) is 4. The first-order valence-corrected chi connectivity index (χ1v) is 8.86. The summed E-state index contributed by atoms with van der Waals surface area (Å²) in [5, 5.41) is 27.8. The van der Waals surface area contributed by atoms with Crippen molar-refractivity contribution in [3.8, 4) is 0 Å². The highest BCUT2D eigenvalue weighted by Crippen LogP contribution is 2.26. The monoisotopic (exact) mass is 372 g/mol. The minimum Gasteiger partial charge on any atom is -0.477 e. The average molecular weight is 372 g/mol. The number of carboxylic acids is 1. The maximum absolute atomic E-state index is 11.9. The van der Waals surface area contributed by atoms with Crippen molar-refractivity contribution in [1.29, 1.82) is 0 Å². The van der Waals surface area contributed by atoms with Gasteiger partial charge >= 0.3 is 5.97 Å². The van der Waals surface area contributed by atoms with Crippen molar-refractivity contribution in [3.63, 3.8) is 0 Å². The number of rotatable bonds is 7. The standard InChI is InChI=1S/C18H24N6O3/c1-4-5-13-19-15(18(2,3)27)14(17(25)26)24(13)10-11-6-8-12(9-7-11)16-20-22-23-21-16/h6-9,16,27H,4-5,10H2,1-3H3,(H,20,23)(H,21,22)(H,25,26). The highest BCUT2D eigenvalue weighted by Gasteiger charge is 2.31. The number of aliphatic hydroxyl groups is 1. The predicted molar refractivity (Wildman–Crippen MR) is 97.8 cm³/mol. The van der Waals surface area contributed by atoms with E-state index in [2.05, 4.69) is 26.3 Å². The third-order valence-corrected chi connectivity index (χ3v) is 4.36. The molecule has 2 heterocycles. The van der Waals surface area contributed by atoms with Gasteiger partial charge in [0.1, 0.15) is 17.1 Å². The number of carbonyl (C=O) groups is 1. The zero-order valence-electron chi connectivity index (χ0n) is 15.6. The summed E-state index contributed by atoms with van der Waals surface area (Å²) < 4.78 is 1.68. The molecule has 0 spiro atoms. The lowest BCUT2D eigenvalue weighted by Crippen LogP contribution is -2.24. The largest absolute Gasteiger partial charge is 0.477 e. The fourth-order valence-electron chi connectivity index (χ4n) is 3.07. The molecule has 9 nitrogen and oxygen atoms in total. The summed E-state index contributed by atoms with van der Waals surface area (Å²) in [5.74, 6) is -0.438. The van der Waals surface area contributed by atoms with Crippen LogP contribution >= 0.6 is 0 Å². The number of aryl methyl sites for hydroxylation is 1. The van der Waals surface area contributed by atoms with E-state index in [-0.39, 0.29) is 17.6 Å². The molecule has 0 saturated carbocycles. The molecule has 4 N–H and O–H groups in total. The summed E-state index contributed by atoms with van der Waals surface area (Å²) in [4.78, 5) is 16.4. The van der Waals surface area contributed by atoms with Crippen molar-refractivity contribution >= 4 is 5.97 Å². The zero-order valence-corrected chi connectivity index (χ0v) is 15.6. The Hall–Kier alpha value is -2.78. The second-order valence-corrected chi connectivity index (χ2v) is 7.04. The maximum atomic E-state index is 11.9. The van der Waals surface area contributed by atoms with Gasteiger partial charge in [-0.05, 0) is 31.4 Å². The van der Waals surface area contributed by atoms with E-state index in [1.54, 1.807) is 18.4 Å². The van der Waals surface area contributed by atoms with Crippen LogP contribution in [0.4, 0.5) is 0 Å². The molecule has 1 aromatic carbocycles. The Morgan fingerprint density at radius 1 is 1.30 bits per heavy atom. The second-order valence-electron chi connectivity index (χ2n) is 7.04. The van der Waals surface area contributed by atoms with Gasteiger partial charge in [-0.1, -0.05) is 36.4 Å². The molecular weight excluding hydrogens is 348 g/mol. The van der Waals surface area contributed by atoms with Gasteiger partial charge in [-0.25, -0.2) is 15.3 Å². The molecule has 0 fully saturated rings. The lowest BCUT2D eigenvalue weighted by molar-refractivity contribution is 0.0602. The number of hydrazine groups is 1. The molecular formula is C18H24N6O3. The highest BCUT2D eigenvalue weighted by atomic mass is 16.4. The van der Waals surface area contributed by atoms with Crippen LogP contribution in [-0.2, 0) is 18.6 Å². The molecule has 1 aromatic heterocycles. The van der Waals surface area contributed by atoms with Gasteiger partial charge in [0.25, 0.3) is 0 Å². The molecule has 9 heteroatoms. The van der Waals surface area contributed by atoms with Gasteiger partial charge < -0.3 is 14.8 Å². The Bertz CT molecular complexity index is 851. The number of benzene rings is 1. The summed E-state index contributed by atoms with van der Waals surface area (Å²) in [6.45, 7) is 5.47. The van der Waals surface area contributed by atoms with Crippen LogP contribution in [0.2, 0.25) is 0 Å². The van der Waals surface area contributed by atoms with Crippen LogP contribution in [0.15, 0.2) is 34.6 Å². The Kier molecular flexibility index (Phi) is 5.24. The second kappa shape index (κ2) is 7.45. The van der Waals surface area contributed by atoms with Crippen LogP contribution in [0.5, 0.6) is 0 Å². The molecule has 27 heavy (non-hydrogen) atoms. The van der Waals surface area contributed by atoms with Crippen molar-refractivity contribution in [1.82, 2.24) is 20.5 Å². The summed E-state index contributed by atoms with van der Waals surface area (Å²) in [7, 11) is 0. The third-order valence-electron chi connectivity index (χ3n) is 4.36. The lowest BCUT2D eigenvalue weighted by atomic mass is 10.0. The number of nitrogens with zero attached hydrogens (tertiary/aromatic N) is 4. The number of aromatic carboxylic acids is 1. The number of hydrogen-bond acceptors (Lipinski definition) is 7. The first kappa shape index (κ1) is 19.0. The topological polar surface area (TPSA) is 124 Å². The van der Waals surface area contributed by atoms with E-state index in [4.69, 9.17) is 0 Å². The molecule has 1 atom stereocenters. The number of aromatic nitrogens is 2. The maximum Gasteiger partial charge on any atom is 0.354 e. The minimum absolute atomic E-state index is 0.0329. The normalized spacial score (nSPS) is 16.5. The van der Waals surface area contributed by atoms with Crippen molar-refractivity contribution in [2.24, 2.45) is 10.3 Å². The predicted octanol–water partition coefficient (Wildman–Crippen LogP) is 2.28. The molecule has 1 unspecified atom stereocenters. The van der Waals surface area contributed by atoms with Crippen LogP contribution in [0, 0.1) is 0 Å². The van der Waals surface area contributed by atoms with Gasteiger partial charge in [-0.3, -0.25) is 0 Å². The van der Waals surface area contributed by atoms with Crippen LogP contribution < -0.4 is 11.0 Å². The minimum atomic E-state index is -1.34. The van der Waals surface area contributed by atoms with Crippen molar-refractivity contribution < 1.29 is 15.0 Å². The summed E-state index contributed by atoms with van der Waals surface area (Å²) in [6, 6.07) is 7.70. The van der Waals surface area contributed by atoms with Gasteiger partial charge in [-0.15, -0.1) is 5.11 Å². The smallest absolute Gasteiger partial charge is 0.354 e. The molecule has 2 aromatic rings. The SMILES string of the molecule is CCCc1nc(C(C)(C)O)c(C(=O)O)n1Cc1ccc(C2N=NNN2)cc1. The fourth-order valence-corrected chi connectivity index (χ4v) is 3.07. The van der Waals surface area contributed by atoms with Crippen LogP contribution in [0.25, 0.3) is 0 Å². The third kappa shape index (κ3) is 3.99. The van der Waals surface area contributed by atoms with E-state index >= 15 is 0 Å². The Balaban J connectivity index is 1.96. The van der Waals surface area contributed by atoms with Gasteiger partial charge in [0.15, 0.2) is 11.9 Å². The number of imidazole rings is 1. The molecule has 0 aliphatic carbocycles. The van der Waals surface area contributed by atoms with E-state index in [0.717, 1.165) is 17.5 Å². The Morgan fingerprint density at radius 2 is 2.00 bits per heavy atom. The fraction of sp³-hybridized carbons (Fsp3) is 0.444. The van der Waals surface area contributed by atoms with Crippen molar-refractivity contribution in [2.45, 2.75) is 51.9 Å². The Morgan fingerprint density at radius 3 is 2.52 bits per heavy atom. The molecule has 144 valence electrons. The van der Waals surface area contributed by atoms with E-state index in [9.17, 15) is 15.0 Å². The summed E-state index contributed by atoms with van der Waals surface area (Å²) >= 11 is 0. The van der Waals surface area contributed by atoms with E-state index in [1.165, 1.54) is 0 Å². The zero-order chi connectivity index (χ0) is 19.6. The van der Waals surface area contributed by atoms with Crippen molar-refractivity contribution in [3.05, 3.63) is 52.6 Å². The molecule has 0 saturated heterocycles. The molecule has 0 radical (unpaired) electrons. The lowest BCUT2D eigenvalue weighted by Gasteiger charge is -2.16. The van der Waals surface area contributed by atoms with Crippen molar-refractivity contribution in [2.75, 3.05) is 0 Å². The van der Waals surface area contributed by atoms with Crippen LogP contribution in [0.3, 0.4) is 0 Å². The molecule has 1 aliphatic heterocycles. The van der Waals surface area contributed by atoms with Crippen LogP contribution in [-0.4, -0.2) is 25.7 Å². The Labute approximate surface area is 157 Å². The highest BCUT2D eigenvalue weighted by molar-refractivity contribution is 5.87.